The Labute approximate surface area is 160 Å². The highest BCUT2D eigenvalue weighted by Crippen LogP contribution is 2.42. The topological polar surface area (TPSA) is 66.4 Å². The molecular formula is C21H20FO4S-. The maximum atomic E-state index is 13.1. The standard InChI is InChI=1S/C21H21FO4S/c1-3-21(2)20(23)18(16-8-4-14(12-22)5-9-16)19(26-21)17-10-6-15(7-11-17)13-27(24)25/h4-11H,3,12-13H2,1-2H3,(H,24,25)/p-1. The van der Waals surface area contributed by atoms with E-state index in [9.17, 15) is 17.9 Å². The van der Waals surface area contributed by atoms with Crippen LogP contribution in [0.15, 0.2) is 48.5 Å². The third kappa shape index (κ3) is 3.87. The van der Waals surface area contributed by atoms with Gasteiger partial charge in [-0.25, -0.2) is 4.39 Å². The van der Waals surface area contributed by atoms with Crippen LogP contribution in [-0.2, 0) is 33.0 Å². The lowest BCUT2D eigenvalue weighted by atomic mass is 9.89. The van der Waals surface area contributed by atoms with Gasteiger partial charge in [0.05, 0.1) is 5.57 Å². The Bertz CT molecular complexity index is 903. The van der Waals surface area contributed by atoms with Gasteiger partial charge in [0.1, 0.15) is 12.4 Å². The quantitative estimate of drug-likeness (QED) is 0.698. The normalized spacial score (nSPS) is 20.7. The van der Waals surface area contributed by atoms with Gasteiger partial charge < -0.3 is 9.29 Å². The van der Waals surface area contributed by atoms with Crippen LogP contribution in [0.4, 0.5) is 4.39 Å². The molecule has 0 saturated heterocycles. The van der Waals surface area contributed by atoms with E-state index in [1.165, 1.54) is 0 Å². The second-order valence-corrected chi connectivity index (χ2v) is 7.59. The first-order chi connectivity index (χ1) is 12.9. The minimum absolute atomic E-state index is 0.0661. The zero-order chi connectivity index (χ0) is 19.6. The zero-order valence-corrected chi connectivity index (χ0v) is 16.0. The molecule has 1 aliphatic heterocycles. The number of hydrogen-bond donors (Lipinski definition) is 0. The second-order valence-electron chi connectivity index (χ2n) is 6.70. The molecule has 0 bridgehead atoms. The van der Waals surface area contributed by atoms with Crippen LogP contribution in [0, 0.1) is 0 Å². The molecule has 1 heterocycles. The summed E-state index contributed by atoms with van der Waals surface area (Å²) >= 11 is -2.16. The number of Topliss-reactive ketones (excluding diaryl/α,β-unsaturated/α-hetero) is 1. The van der Waals surface area contributed by atoms with Gasteiger partial charge in [-0.15, -0.1) is 0 Å². The Morgan fingerprint density at radius 3 is 2.11 bits per heavy atom. The Morgan fingerprint density at radius 1 is 1.04 bits per heavy atom. The summed E-state index contributed by atoms with van der Waals surface area (Å²) in [4.78, 5) is 13.1. The van der Waals surface area contributed by atoms with Crippen molar-refractivity contribution in [1.82, 2.24) is 0 Å². The number of alkyl halides is 1. The van der Waals surface area contributed by atoms with Crippen molar-refractivity contribution in [2.24, 2.45) is 0 Å². The molecular weight excluding hydrogens is 367 g/mol. The molecule has 4 nitrogen and oxygen atoms in total. The molecule has 2 unspecified atom stereocenters. The van der Waals surface area contributed by atoms with Crippen LogP contribution in [0.1, 0.15) is 42.5 Å². The summed E-state index contributed by atoms with van der Waals surface area (Å²) in [6.07, 6.45) is 0.509. The molecule has 0 radical (unpaired) electrons. The van der Waals surface area contributed by atoms with E-state index in [-0.39, 0.29) is 11.5 Å². The lowest BCUT2D eigenvalue weighted by Gasteiger charge is -2.21. The summed E-state index contributed by atoms with van der Waals surface area (Å²) < 4.78 is 40.6. The predicted molar refractivity (Wildman–Crippen MR) is 102 cm³/mol. The average molecular weight is 387 g/mol. The van der Waals surface area contributed by atoms with Crippen molar-refractivity contribution in [3.8, 4) is 0 Å². The van der Waals surface area contributed by atoms with Crippen LogP contribution >= 0.6 is 0 Å². The van der Waals surface area contributed by atoms with Crippen LogP contribution < -0.4 is 0 Å². The molecule has 0 saturated carbocycles. The summed E-state index contributed by atoms with van der Waals surface area (Å²) in [6.45, 7) is 3.08. The maximum Gasteiger partial charge on any atom is 0.210 e. The van der Waals surface area contributed by atoms with E-state index in [2.05, 4.69) is 0 Å². The number of ketones is 1. The van der Waals surface area contributed by atoms with Gasteiger partial charge in [0.25, 0.3) is 0 Å². The van der Waals surface area contributed by atoms with Crippen molar-refractivity contribution in [3.63, 3.8) is 0 Å². The van der Waals surface area contributed by atoms with E-state index in [0.717, 1.165) is 0 Å². The first-order valence-corrected chi connectivity index (χ1v) is 9.91. The Morgan fingerprint density at radius 2 is 1.59 bits per heavy atom. The first kappa shape index (κ1) is 19.5. The molecule has 142 valence electrons. The van der Waals surface area contributed by atoms with Gasteiger partial charge in [0, 0.05) is 11.3 Å². The molecule has 6 heteroatoms. The number of carbonyl (C=O) groups is 1. The van der Waals surface area contributed by atoms with Crippen LogP contribution in [0.25, 0.3) is 11.3 Å². The van der Waals surface area contributed by atoms with E-state index in [1.807, 2.05) is 6.92 Å². The van der Waals surface area contributed by atoms with E-state index in [1.54, 1.807) is 55.5 Å². The monoisotopic (exact) mass is 387 g/mol. The predicted octanol–water partition coefficient (Wildman–Crippen LogP) is 4.17. The third-order valence-electron chi connectivity index (χ3n) is 4.83. The minimum atomic E-state index is -2.16. The molecule has 1 aliphatic rings. The highest BCUT2D eigenvalue weighted by molar-refractivity contribution is 7.78. The van der Waals surface area contributed by atoms with Crippen LogP contribution in [0.5, 0.6) is 0 Å². The van der Waals surface area contributed by atoms with Crippen LogP contribution in [0.2, 0.25) is 0 Å². The summed E-state index contributed by atoms with van der Waals surface area (Å²) in [5.41, 5.74) is 2.08. The number of hydrogen-bond acceptors (Lipinski definition) is 4. The minimum Gasteiger partial charge on any atom is -0.772 e. The molecule has 0 N–H and O–H groups in total. The first-order valence-electron chi connectivity index (χ1n) is 8.66. The van der Waals surface area contributed by atoms with E-state index in [0.29, 0.717) is 40.0 Å². The van der Waals surface area contributed by atoms with Gasteiger partial charge in [0.2, 0.25) is 5.78 Å². The van der Waals surface area contributed by atoms with Crippen LogP contribution in [-0.4, -0.2) is 20.1 Å². The molecule has 0 aromatic heterocycles. The summed E-state index contributed by atoms with van der Waals surface area (Å²) in [5, 5.41) is 0. The van der Waals surface area contributed by atoms with Crippen molar-refractivity contribution in [2.75, 3.05) is 0 Å². The fourth-order valence-corrected chi connectivity index (χ4v) is 3.50. The SMILES string of the molecule is CCC1(C)OC(c2ccc(CS(=O)[O-])cc2)=C(c2ccc(CF)cc2)C1=O. The molecule has 27 heavy (non-hydrogen) atoms. The molecule has 2 aromatic rings. The zero-order valence-electron chi connectivity index (χ0n) is 15.2. The smallest absolute Gasteiger partial charge is 0.210 e. The summed E-state index contributed by atoms with van der Waals surface area (Å²) in [7, 11) is 0. The number of rotatable bonds is 6. The van der Waals surface area contributed by atoms with Crippen molar-refractivity contribution in [1.29, 1.82) is 0 Å². The van der Waals surface area contributed by atoms with Gasteiger partial charge >= 0.3 is 0 Å². The van der Waals surface area contributed by atoms with Crippen molar-refractivity contribution >= 4 is 28.2 Å². The molecule has 0 amide bonds. The summed E-state index contributed by atoms with van der Waals surface area (Å²) in [5.74, 6) is 0.286. The summed E-state index contributed by atoms with van der Waals surface area (Å²) in [6, 6.07) is 13.7. The molecule has 2 atom stereocenters. The molecule has 2 aromatic carbocycles. The molecule has 0 spiro atoms. The average Bonchev–Trinajstić information content (AvgIpc) is 2.94. The number of ether oxygens (including phenoxy) is 1. The Balaban J connectivity index is 2.07. The van der Waals surface area contributed by atoms with E-state index < -0.39 is 23.4 Å². The number of carbonyl (C=O) groups excluding carboxylic acids is 1. The van der Waals surface area contributed by atoms with Crippen molar-refractivity contribution < 1.29 is 22.7 Å². The van der Waals surface area contributed by atoms with Gasteiger partial charge in [-0.1, -0.05) is 66.5 Å². The highest BCUT2D eigenvalue weighted by atomic mass is 32.2. The highest BCUT2D eigenvalue weighted by Gasteiger charge is 2.45. The third-order valence-corrected chi connectivity index (χ3v) is 5.40. The molecule has 3 rings (SSSR count). The van der Waals surface area contributed by atoms with Crippen LogP contribution in [0.3, 0.4) is 0 Å². The molecule has 0 fully saturated rings. The Hall–Kier alpha value is -2.31. The fourth-order valence-electron chi connectivity index (χ4n) is 3.04. The van der Waals surface area contributed by atoms with E-state index >= 15 is 0 Å². The number of benzene rings is 2. The lowest BCUT2D eigenvalue weighted by Crippen LogP contribution is -2.32. The van der Waals surface area contributed by atoms with Gasteiger partial charge in [0.15, 0.2) is 5.60 Å². The van der Waals surface area contributed by atoms with Crippen molar-refractivity contribution in [3.05, 3.63) is 70.8 Å². The van der Waals surface area contributed by atoms with Gasteiger partial charge in [-0.05, 0) is 30.0 Å². The largest absolute Gasteiger partial charge is 0.772 e. The lowest BCUT2D eigenvalue weighted by molar-refractivity contribution is -0.126. The second kappa shape index (κ2) is 7.74. The Kier molecular flexibility index (Phi) is 5.58. The van der Waals surface area contributed by atoms with Crippen molar-refractivity contribution in [2.45, 2.75) is 38.3 Å². The maximum absolute atomic E-state index is 13.1. The van der Waals surface area contributed by atoms with Gasteiger partial charge in [-0.3, -0.25) is 9.00 Å². The van der Waals surface area contributed by atoms with Gasteiger partial charge in [-0.2, -0.15) is 0 Å². The fraction of sp³-hybridized carbons (Fsp3) is 0.286. The van der Waals surface area contributed by atoms with E-state index in [4.69, 9.17) is 4.74 Å². The number of halogens is 1. The molecule has 0 aliphatic carbocycles.